The molecule has 4 heteroatoms. The van der Waals surface area contributed by atoms with Crippen molar-refractivity contribution in [3.05, 3.63) is 58.7 Å². The van der Waals surface area contributed by atoms with Crippen LogP contribution in [0.2, 0.25) is 0 Å². The third-order valence-electron chi connectivity index (χ3n) is 6.16. The van der Waals surface area contributed by atoms with E-state index < -0.39 is 0 Å². The second-order valence-electron chi connectivity index (χ2n) is 12.2. The topological polar surface area (TPSA) is 65.2 Å². The standard InChI is InChI=1S/C30H42N2O2/c1-29(2,3)17-21-11-13-27(33)23(15-21)19-31-25-9-7-8-10-26(25)32-20-24-16-22(12-14-28(24)34)18-30(4,5)6/h11-16,19-20,25-26,33-34H,7-10,17-18H2,1-6H3. The number of rotatable bonds is 6. The van der Waals surface area contributed by atoms with Gasteiger partial charge in [-0.25, -0.2) is 0 Å². The monoisotopic (exact) mass is 462 g/mol. The smallest absolute Gasteiger partial charge is 0.124 e. The summed E-state index contributed by atoms with van der Waals surface area (Å²) < 4.78 is 0. The number of benzene rings is 2. The number of phenols is 2. The van der Waals surface area contributed by atoms with Crippen molar-refractivity contribution in [2.75, 3.05) is 0 Å². The maximum absolute atomic E-state index is 10.4. The first-order chi connectivity index (χ1) is 15.9. The second-order valence-corrected chi connectivity index (χ2v) is 12.2. The first-order valence-electron chi connectivity index (χ1n) is 12.6. The molecule has 4 nitrogen and oxygen atoms in total. The van der Waals surface area contributed by atoms with Crippen LogP contribution in [0.1, 0.15) is 89.5 Å². The largest absolute Gasteiger partial charge is 0.507 e. The van der Waals surface area contributed by atoms with Crippen molar-refractivity contribution in [1.82, 2.24) is 0 Å². The highest BCUT2D eigenvalue weighted by atomic mass is 16.3. The molecule has 1 aliphatic carbocycles. The Morgan fingerprint density at radius 1 is 0.706 bits per heavy atom. The Kier molecular flexibility index (Phi) is 8.22. The van der Waals surface area contributed by atoms with E-state index in [1.807, 2.05) is 36.7 Å². The van der Waals surface area contributed by atoms with Crippen LogP contribution in [0.3, 0.4) is 0 Å². The lowest BCUT2D eigenvalue weighted by molar-refractivity contribution is 0.390. The van der Waals surface area contributed by atoms with Crippen LogP contribution in [0.25, 0.3) is 0 Å². The number of hydrogen-bond donors (Lipinski definition) is 2. The zero-order valence-electron chi connectivity index (χ0n) is 21.8. The fourth-order valence-electron chi connectivity index (χ4n) is 4.65. The van der Waals surface area contributed by atoms with Gasteiger partial charge in [-0.2, -0.15) is 0 Å². The third kappa shape index (κ3) is 8.00. The molecule has 34 heavy (non-hydrogen) atoms. The average Bonchev–Trinajstić information content (AvgIpc) is 2.73. The van der Waals surface area contributed by atoms with Gasteiger partial charge in [-0.05, 0) is 71.9 Å². The van der Waals surface area contributed by atoms with E-state index in [9.17, 15) is 10.2 Å². The zero-order chi connectivity index (χ0) is 24.9. The van der Waals surface area contributed by atoms with Crippen molar-refractivity contribution in [3.8, 4) is 11.5 Å². The summed E-state index contributed by atoms with van der Waals surface area (Å²) in [7, 11) is 0. The highest BCUT2D eigenvalue weighted by Gasteiger charge is 2.23. The molecule has 2 atom stereocenters. The van der Waals surface area contributed by atoms with Crippen LogP contribution in [0.4, 0.5) is 0 Å². The maximum Gasteiger partial charge on any atom is 0.124 e. The Morgan fingerprint density at radius 3 is 1.44 bits per heavy atom. The van der Waals surface area contributed by atoms with Crippen molar-refractivity contribution < 1.29 is 10.2 Å². The first kappa shape index (κ1) is 26.0. The quantitative estimate of drug-likeness (QED) is 0.449. The number of nitrogens with zero attached hydrogens (tertiary/aromatic N) is 2. The number of phenolic OH excluding ortho intramolecular Hbond substituents is 2. The molecule has 0 aromatic heterocycles. The molecule has 2 aromatic rings. The lowest BCUT2D eigenvalue weighted by atomic mass is 9.87. The summed E-state index contributed by atoms with van der Waals surface area (Å²) in [5.74, 6) is 0.524. The fraction of sp³-hybridized carbons (Fsp3) is 0.533. The van der Waals surface area contributed by atoms with Crippen LogP contribution in [0, 0.1) is 10.8 Å². The van der Waals surface area contributed by atoms with Crippen LogP contribution >= 0.6 is 0 Å². The minimum atomic E-state index is 0.0792. The van der Waals surface area contributed by atoms with E-state index in [0.717, 1.165) is 49.7 Å². The van der Waals surface area contributed by atoms with Gasteiger partial charge in [0.15, 0.2) is 0 Å². The van der Waals surface area contributed by atoms with E-state index in [1.165, 1.54) is 11.1 Å². The van der Waals surface area contributed by atoms with Gasteiger partial charge in [-0.3, -0.25) is 9.98 Å². The van der Waals surface area contributed by atoms with Crippen molar-refractivity contribution in [1.29, 1.82) is 0 Å². The molecule has 184 valence electrons. The van der Waals surface area contributed by atoms with E-state index in [-0.39, 0.29) is 34.4 Å². The van der Waals surface area contributed by atoms with Gasteiger partial charge in [0, 0.05) is 23.6 Å². The predicted octanol–water partition coefficient (Wildman–Crippen LogP) is 7.12. The predicted molar refractivity (Wildman–Crippen MR) is 144 cm³/mol. The van der Waals surface area contributed by atoms with Crippen LogP contribution in [-0.2, 0) is 12.8 Å². The Balaban J connectivity index is 1.77. The van der Waals surface area contributed by atoms with Gasteiger partial charge in [0.2, 0.25) is 0 Å². The molecule has 0 radical (unpaired) electrons. The minimum absolute atomic E-state index is 0.0792. The van der Waals surface area contributed by atoms with E-state index in [4.69, 9.17) is 9.98 Å². The van der Waals surface area contributed by atoms with Gasteiger partial charge in [-0.1, -0.05) is 66.5 Å². The summed E-state index contributed by atoms with van der Waals surface area (Å²) in [5.41, 5.74) is 4.31. The number of aliphatic imine (C=N–C) groups is 2. The summed E-state index contributed by atoms with van der Waals surface area (Å²) >= 11 is 0. The Labute approximate surface area is 205 Å². The number of hydrogen-bond acceptors (Lipinski definition) is 4. The Bertz CT molecular complexity index is 942. The summed E-state index contributed by atoms with van der Waals surface area (Å²) in [5, 5.41) is 20.7. The molecule has 2 aromatic carbocycles. The highest BCUT2D eigenvalue weighted by Crippen LogP contribution is 2.28. The maximum atomic E-state index is 10.4. The minimum Gasteiger partial charge on any atom is -0.507 e. The molecule has 1 saturated carbocycles. The van der Waals surface area contributed by atoms with Gasteiger partial charge in [0.05, 0.1) is 12.1 Å². The van der Waals surface area contributed by atoms with Gasteiger partial charge in [0.25, 0.3) is 0 Å². The summed E-state index contributed by atoms with van der Waals surface area (Å²) in [6, 6.07) is 11.8. The molecular weight excluding hydrogens is 420 g/mol. The lowest BCUT2D eigenvalue weighted by Gasteiger charge is -2.25. The Morgan fingerprint density at radius 2 is 1.09 bits per heavy atom. The second kappa shape index (κ2) is 10.8. The molecule has 0 heterocycles. The average molecular weight is 463 g/mol. The molecule has 2 unspecified atom stereocenters. The molecular formula is C30H42N2O2. The van der Waals surface area contributed by atoms with E-state index in [0.29, 0.717) is 0 Å². The molecule has 1 aliphatic rings. The molecule has 0 saturated heterocycles. The summed E-state index contributed by atoms with van der Waals surface area (Å²) in [4.78, 5) is 9.75. The fourth-order valence-corrected chi connectivity index (χ4v) is 4.65. The molecule has 1 fully saturated rings. The van der Waals surface area contributed by atoms with Crippen molar-refractivity contribution in [2.45, 2.75) is 92.2 Å². The van der Waals surface area contributed by atoms with Crippen molar-refractivity contribution in [3.63, 3.8) is 0 Å². The molecule has 0 spiro atoms. The van der Waals surface area contributed by atoms with Crippen LogP contribution in [0.5, 0.6) is 11.5 Å². The van der Waals surface area contributed by atoms with Crippen LogP contribution in [-0.4, -0.2) is 34.7 Å². The normalized spacial score (nSPS) is 19.8. The lowest BCUT2D eigenvalue weighted by Crippen LogP contribution is -2.27. The van der Waals surface area contributed by atoms with Crippen molar-refractivity contribution >= 4 is 12.4 Å². The number of aromatic hydroxyl groups is 2. The van der Waals surface area contributed by atoms with Crippen molar-refractivity contribution in [2.24, 2.45) is 20.8 Å². The van der Waals surface area contributed by atoms with E-state index >= 15 is 0 Å². The molecule has 3 rings (SSSR count). The zero-order valence-corrected chi connectivity index (χ0v) is 21.8. The van der Waals surface area contributed by atoms with E-state index in [1.54, 1.807) is 12.1 Å². The van der Waals surface area contributed by atoms with Crippen LogP contribution < -0.4 is 0 Å². The highest BCUT2D eigenvalue weighted by molar-refractivity contribution is 5.84. The summed E-state index contributed by atoms with van der Waals surface area (Å²) in [6.07, 6.45) is 9.77. The molecule has 2 N–H and O–H groups in total. The summed E-state index contributed by atoms with van der Waals surface area (Å²) in [6.45, 7) is 13.3. The molecule has 0 aliphatic heterocycles. The first-order valence-corrected chi connectivity index (χ1v) is 12.6. The van der Waals surface area contributed by atoms with Gasteiger partial charge in [-0.15, -0.1) is 0 Å². The molecule has 0 amide bonds. The van der Waals surface area contributed by atoms with Gasteiger partial charge < -0.3 is 10.2 Å². The molecule has 0 bridgehead atoms. The Hall–Kier alpha value is -2.62. The third-order valence-corrected chi connectivity index (χ3v) is 6.16. The van der Waals surface area contributed by atoms with Gasteiger partial charge >= 0.3 is 0 Å². The van der Waals surface area contributed by atoms with E-state index in [2.05, 4.69) is 41.5 Å². The SMILES string of the molecule is CC(C)(C)Cc1ccc(O)c(C=NC2CCCCC2N=Cc2cc(CC(C)(C)C)ccc2O)c1. The van der Waals surface area contributed by atoms with Gasteiger partial charge in [0.1, 0.15) is 11.5 Å². The van der Waals surface area contributed by atoms with Crippen LogP contribution in [0.15, 0.2) is 46.4 Å².